The van der Waals surface area contributed by atoms with Crippen LogP contribution in [0.3, 0.4) is 0 Å². The van der Waals surface area contributed by atoms with E-state index in [0.29, 0.717) is 4.90 Å². The van der Waals surface area contributed by atoms with Crippen molar-refractivity contribution in [3.63, 3.8) is 0 Å². The molecule has 3 rings (SSSR count). The first-order chi connectivity index (χ1) is 11.8. The number of hydrogen-bond donors (Lipinski definition) is 1. The Balaban J connectivity index is 0.00000261. The van der Waals surface area contributed by atoms with Crippen LogP contribution in [0.25, 0.3) is 0 Å². The van der Waals surface area contributed by atoms with Crippen LogP contribution in [0.2, 0.25) is 0 Å². The van der Waals surface area contributed by atoms with Gasteiger partial charge in [0, 0.05) is 19.0 Å². The van der Waals surface area contributed by atoms with Crippen LogP contribution in [0.1, 0.15) is 6.42 Å². The molecule has 27 heavy (non-hydrogen) atoms. The van der Waals surface area contributed by atoms with Crippen LogP contribution in [0.4, 0.5) is 13.2 Å². The van der Waals surface area contributed by atoms with E-state index in [4.69, 9.17) is 0 Å². The van der Waals surface area contributed by atoms with Crippen molar-refractivity contribution in [1.29, 1.82) is 0 Å². The van der Waals surface area contributed by atoms with Crippen molar-refractivity contribution in [2.45, 2.75) is 24.7 Å². The van der Waals surface area contributed by atoms with E-state index in [0.717, 1.165) is 11.2 Å². The monoisotopic (exact) mass is 419 g/mol. The van der Waals surface area contributed by atoms with Gasteiger partial charge in [-0.15, -0.1) is 0 Å². The average Bonchev–Trinajstić information content (AvgIpc) is 2.82. The smallest absolute Gasteiger partial charge is 0.543 e. The van der Waals surface area contributed by atoms with Crippen LogP contribution in [-0.4, -0.2) is 73.6 Å². The van der Waals surface area contributed by atoms with E-state index in [1.54, 1.807) is 0 Å². The molecule has 1 N–H and O–H groups in total. The molecule has 0 spiro atoms. The Morgan fingerprint density at radius 3 is 2.41 bits per heavy atom. The van der Waals surface area contributed by atoms with E-state index in [1.807, 2.05) is 0 Å². The van der Waals surface area contributed by atoms with Crippen LogP contribution in [0.5, 0.6) is 0 Å². The molecule has 0 bridgehead atoms. The van der Waals surface area contributed by atoms with Crippen molar-refractivity contribution < 1.29 is 70.6 Å². The van der Waals surface area contributed by atoms with Crippen LogP contribution in [0.15, 0.2) is 11.3 Å². The zero-order valence-corrected chi connectivity index (χ0v) is 17.1. The Morgan fingerprint density at radius 1 is 1.33 bits per heavy atom. The van der Waals surface area contributed by atoms with E-state index in [2.05, 4.69) is 4.72 Å². The number of hydrogen-bond acceptors (Lipinski definition) is 6. The second kappa shape index (κ2) is 7.03. The molecule has 2 saturated heterocycles. The fourth-order valence-corrected chi connectivity index (χ4v) is 4.23. The molecule has 0 saturated carbocycles. The Labute approximate surface area is 173 Å². The van der Waals surface area contributed by atoms with Gasteiger partial charge < -0.3 is 19.7 Å². The van der Waals surface area contributed by atoms with E-state index in [9.17, 15) is 41.1 Å². The summed E-state index contributed by atoms with van der Waals surface area (Å²) in [6.45, 7) is -0.806. The number of sulfonamides is 1. The summed E-state index contributed by atoms with van der Waals surface area (Å²) in [6, 6.07) is -2.39. The van der Waals surface area contributed by atoms with Crippen molar-refractivity contribution in [3.8, 4) is 0 Å². The molecular weight excluding hydrogens is 406 g/mol. The molecular formula is C13H13F3N3NaO6S. The van der Waals surface area contributed by atoms with Crippen molar-refractivity contribution in [2.24, 2.45) is 5.92 Å². The average molecular weight is 419 g/mol. The largest absolute Gasteiger partial charge is 1.00 e. The fraction of sp³-hybridized carbons (Fsp3) is 0.615. The number of alkyl halides is 3. The van der Waals surface area contributed by atoms with Gasteiger partial charge in [0.05, 0.1) is 24.0 Å². The molecule has 14 heteroatoms. The summed E-state index contributed by atoms with van der Waals surface area (Å²) in [5.74, 6) is -5.51. The minimum absolute atomic E-state index is 0. The van der Waals surface area contributed by atoms with E-state index in [-0.39, 0.29) is 41.6 Å². The first-order valence-corrected chi connectivity index (χ1v) is 9.33. The van der Waals surface area contributed by atoms with Crippen molar-refractivity contribution in [3.05, 3.63) is 11.3 Å². The molecule has 2 amide bonds. The Hall–Kier alpha value is -1.15. The summed E-state index contributed by atoms with van der Waals surface area (Å²) in [7, 11) is -3.67. The van der Waals surface area contributed by atoms with E-state index < -0.39 is 70.8 Å². The number of carboxylic acid groups (broad SMARTS) is 1. The number of piperidine rings is 1. The molecule has 3 aliphatic rings. The maximum absolute atomic E-state index is 12.7. The number of amides is 2. The van der Waals surface area contributed by atoms with Crippen LogP contribution in [0, 0.1) is 5.92 Å². The van der Waals surface area contributed by atoms with Crippen molar-refractivity contribution in [2.75, 3.05) is 19.3 Å². The molecule has 9 nitrogen and oxygen atoms in total. The number of β-lactam (4-membered cyclic amide) rings is 1. The Bertz CT molecular complexity index is 843. The number of aliphatic carboxylic acids is 1. The molecule has 3 heterocycles. The summed E-state index contributed by atoms with van der Waals surface area (Å²) in [4.78, 5) is 36.4. The quantitative estimate of drug-likeness (QED) is 0.358. The van der Waals surface area contributed by atoms with Gasteiger partial charge >= 0.3 is 41.6 Å². The molecule has 0 aliphatic carbocycles. The molecule has 0 aromatic rings. The van der Waals surface area contributed by atoms with Gasteiger partial charge in [-0.2, -0.15) is 13.2 Å². The van der Waals surface area contributed by atoms with Gasteiger partial charge in [-0.05, 0) is 12.0 Å². The Kier molecular flexibility index (Phi) is 5.76. The van der Waals surface area contributed by atoms with Gasteiger partial charge in [0.2, 0.25) is 10.0 Å². The molecule has 0 aromatic heterocycles. The fourth-order valence-electron chi connectivity index (χ4n) is 3.81. The van der Waals surface area contributed by atoms with Crippen molar-refractivity contribution >= 4 is 27.8 Å². The first kappa shape index (κ1) is 22.1. The predicted octanol–water partition coefficient (Wildman–Crippen LogP) is -5.45. The molecule has 3 atom stereocenters. The van der Waals surface area contributed by atoms with Crippen LogP contribution in [-0.2, 0) is 24.4 Å². The maximum atomic E-state index is 12.7. The number of nitrogens with one attached hydrogen (secondary N) is 1. The Morgan fingerprint density at radius 2 is 1.93 bits per heavy atom. The SMILES string of the molecule is CS(=O)(=O)NCC1=C(C(=O)[O-])N2C(=O)[C@@H]3[C@H]2C1CCN3C(=O)C(F)(F)F.[Na+]. The van der Waals surface area contributed by atoms with E-state index in [1.165, 1.54) is 0 Å². The topological polar surface area (TPSA) is 127 Å². The third-order valence-electron chi connectivity index (χ3n) is 4.76. The molecule has 0 aromatic carbocycles. The van der Waals surface area contributed by atoms with Gasteiger partial charge in [-0.3, -0.25) is 9.59 Å². The first-order valence-electron chi connectivity index (χ1n) is 7.44. The minimum atomic E-state index is -5.16. The number of carbonyl (C=O) groups is 3. The predicted molar refractivity (Wildman–Crippen MR) is 75.2 cm³/mol. The molecule has 3 aliphatic heterocycles. The number of rotatable bonds is 4. The van der Waals surface area contributed by atoms with Gasteiger partial charge in [0.25, 0.3) is 5.91 Å². The molecule has 1 unspecified atom stereocenters. The summed E-state index contributed by atoms with van der Waals surface area (Å²) >= 11 is 0. The van der Waals surface area contributed by atoms with Crippen LogP contribution < -0.4 is 39.4 Å². The number of nitrogens with zero attached hydrogens (tertiary/aromatic N) is 2. The second-order valence-electron chi connectivity index (χ2n) is 6.29. The van der Waals surface area contributed by atoms with Crippen LogP contribution >= 0.6 is 0 Å². The zero-order chi connectivity index (χ0) is 19.6. The second-order valence-corrected chi connectivity index (χ2v) is 8.12. The summed E-state index contributed by atoms with van der Waals surface area (Å²) in [5.41, 5.74) is -0.478. The normalized spacial score (nSPS) is 27.1. The van der Waals surface area contributed by atoms with Gasteiger partial charge in [0.15, 0.2) is 0 Å². The summed E-state index contributed by atoms with van der Waals surface area (Å²) in [6.07, 6.45) is -4.34. The molecule has 144 valence electrons. The number of carbonyl (C=O) groups excluding carboxylic acids is 3. The number of likely N-dealkylation sites (tertiary alicyclic amines) is 1. The molecule has 0 radical (unpaired) electrons. The standard InChI is InChI=1S/C13H14F3N3O6S.Na/c1-26(24,25)17-4-6-5-2-3-18(12(23)13(14,15)16)9-7(5)19(10(9)20)8(6)11(21)22;/h5,7,9,17H,2-4H2,1H3,(H,21,22);/q;+1/p-1/t5?,7-,9+;/m1./s1. The third-order valence-corrected chi connectivity index (χ3v) is 5.42. The number of carboxylic acids is 1. The third kappa shape index (κ3) is 3.62. The van der Waals surface area contributed by atoms with Crippen molar-refractivity contribution in [1.82, 2.24) is 14.5 Å². The number of halogens is 3. The summed E-state index contributed by atoms with van der Waals surface area (Å²) in [5, 5.41) is 11.4. The summed E-state index contributed by atoms with van der Waals surface area (Å²) < 4.78 is 62.8. The van der Waals surface area contributed by atoms with Gasteiger partial charge in [-0.25, -0.2) is 13.1 Å². The molecule has 2 fully saturated rings. The van der Waals surface area contributed by atoms with Gasteiger partial charge in [0.1, 0.15) is 6.04 Å². The van der Waals surface area contributed by atoms with E-state index >= 15 is 0 Å². The maximum Gasteiger partial charge on any atom is 1.00 e. The minimum Gasteiger partial charge on any atom is -0.543 e. The van der Waals surface area contributed by atoms with Gasteiger partial charge in [-0.1, -0.05) is 0 Å². The zero-order valence-electron chi connectivity index (χ0n) is 14.2.